The second kappa shape index (κ2) is 7.17. The molecule has 1 aliphatic carbocycles. The van der Waals surface area contributed by atoms with Crippen LogP contribution >= 0.6 is 23.2 Å². The molecular weight excluding hydrogens is 283 g/mol. The normalized spacial score (nSPS) is 17.6. The Labute approximate surface area is 124 Å². The highest BCUT2D eigenvalue weighted by atomic mass is 35.5. The van der Waals surface area contributed by atoms with Crippen LogP contribution in [-0.2, 0) is 0 Å². The van der Waals surface area contributed by atoms with Crippen LogP contribution in [0.3, 0.4) is 0 Å². The topological polar surface area (TPSA) is 63.0 Å². The molecule has 1 aromatic heterocycles. The minimum Gasteiger partial charge on any atom is -0.366 e. The summed E-state index contributed by atoms with van der Waals surface area (Å²) in [5, 5.41) is 4.38. The van der Waals surface area contributed by atoms with Gasteiger partial charge in [-0.25, -0.2) is 10.8 Å². The summed E-state index contributed by atoms with van der Waals surface area (Å²) in [5.41, 5.74) is 2.48. The zero-order valence-electron chi connectivity index (χ0n) is 10.9. The lowest BCUT2D eigenvalue weighted by molar-refractivity contribution is 0.471. The van der Waals surface area contributed by atoms with Crippen LogP contribution in [-0.4, -0.2) is 11.0 Å². The monoisotopic (exact) mass is 302 g/mol. The van der Waals surface area contributed by atoms with Gasteiger partial charge in [-0.1, -0.05) is 55.3 Å². The highest BCUT2D eigenvalue weighted by molar-refractivity contribution is 6.37. The molecule has 0 unspecified atom stereocenters. The van der Waals surface area contributed by atoms with Gasteiger partial charge in [-0.3, -0.25) is 0 Å². The molecule has 0 radical (unpaired) electrons. The van der Waals surface area contributed by atoms with Crippen molar-refractivity contribution in [2.75, 3.05) is 10.7 Å². The summed E-state index contributed by atoms with van der Waals surface area (Å²) in [4.78, 5) is 4.33. The van der Waals surface area contributed by atoms with E-state index in [1.807, 2.05) is 0 Å². The third kappa shape index (κ3) is 4.13. The predicted octanol–water partition coefficient (Wildman–Crippen LogP) is 4.20. The lowest BCUT2D eigenvalue weighted by Gasteiger charge is -2.22. The molecule has 0 aliphatic heterocycles. The Bertz CT molecular complexity index is 417. The summed E-state index contributed by atoms with van der Waals surface area (Å²) in [5.74, 6) is 6.48. The first-order valence-corrected chi connectivity index (χ1v) is 7.55. The van der Waals surface area contributed by atoms with Crippen LogP contribution in [0.25, 0.3) is 0 Å². The standard InChI is InChI=1S/C13H20Cl2N4/c14-10-8-11(15)13(19-16)18-12(10)17-9-6-4-2-1-3-5-7-9/h8-9H,1-7,16H2,(H2,17,18,19). The van der Waals surface area contributed by atoms with E-state index in [4.69, 9.17) is 29.0 Å². The Morgan fingerprint density at radius 1 is 1.00 bits per heavy atom. The van der Waals surface area contributed by atoms with Crippen molar-refractivity contribution < 1.29 is 0 Å². The Balaban J connectivity index is 2.08. The van der Waals surface area contributed by atoms with Gasteiger partial charge in [0.25, 0.3) is 0 Å². The first-order valence-electron chi connectivity index (χ1n) is 6.80. The minimum atomic E-state index is 0.427. The molecule has 4 N–H and O–H groups in total. The summed E-state index contributed by atoms with van der Waals surface area (Å²) in [6.45, 7) is 0. The molecule has 19 heavy (non-hydrogen) atoms. The molecule has 1 fully saturated rings. The Hall–Kier alpha value is -0.710. The van der Waals surface area contributed by atoms with Gasteiger partial charge >= 0.3 is 0 Å². The van der Waals surface area contributed by atoms with E-state index in [-0.39, 0.29) is 0 Å². The molecule has 0 atom stereocenters. The number of nitrogens with one attached hydrogen (secondary N) is 2. The van der Waals surface area contributed by atoms with Crippen LogP contribution in [0.5, 0.6) is 0 Å². The summed E-state index contributed by atoms with van der Waals surface area (Å²) >= 11 is 12.1. The van der Waals surface area contributed by atoms with E-state index in [0.717, 1.165) is 12.8 Å². The van der Waals surface area contributed by atoms with Gasteiger partial charge in [0, 0.05) is 6.04 Å². The number of halogens is 2. The van der Waals surface area contributed by atoms with Gasteiger partial charge in [0.05, 0.1) is 10.0 Å². The molecule has 1 saturated carbocycles. The van der Waals surface area contributed by atoms with E-state index in [0.29, 0.717) is 27.7 Å². The Morgan fingerprint density at radius 3 is 2.21 bits per heavy atom. The molecule has 6 heteroatoms. The number of nitrogens with zero attached hydrogens (tertiary/aromatic N) is 1. The lowest BCUT2D eigenvalue weighted by atomic mass is 9.97. The molecule has 0 saturated heterocycles. The molecule has 0 spiro atoms. The maximum atomic E-state index is 6.17. The van der Waals surface area contributed by atoms with Crippen LogP contribution < -0.4 is 16.6 Å². The number of hydrogen-bond acceptors (Lipinski definition) is 4. The average Bonchev–Trinajstić information content (AvgIpc) is 2.35. The van der Waals surface area contributed by atoms with Crippen molar-refractivity contribution in [1.82, 2.24) is 4.98 Å². The zero-order valence-corrected chi connectivity index (χ0v) is 12.4. The molecule has 0 bridgehead atoms. The van der Waals surface area contributed by atoms with Crippen molar-refractivity contribution in [3.05, 3.63) is 16.1 Å². The lowest BCUT2D eigenvalue weighted by Crippen LogP contribution is -2.22. The number of pyridine rings is 1. The van der Waals surface area contributed by atoms with Crippen molar-refractivity contribution in [1.29, 1.82) is 0 Å². The quantitative estimate of drug-likeness (QED) is 0.578. The van der Waals surface area contributed by atoms with E-state index in [9.17, 15) is 0 Å². The van der Waals surface area contributed by atoms with Gasteiger partial charge in [-0.2, -0.15) is 0 Å². The zero-order chi connectivity index (χ0) is 13.7. The van der Waals surface area contributed by atoms with Crippen LogP contribution in [0.4, 0.5) is 11.6 Å². The van der Waals surface area contributed by atoms with Crippen molar-refractivity contribution in [2.45, 2.75) is 51.0 Å². The molecule has 0 aromatic carbocycles. The number of aromatic nitrogens is 1. The third-order valence-corrected chi connectivity index (χ3v) is 4.09. The maximum absolute atomic E-state index is 6.17. The van der Waals surface area contributed by atoms with E-state index in [1.165, 1.54) is 32.1 Å². The van der Waals surface area contributed by atoms with E-state index < -0.39 is 0 Å². The predicted molar refractivity (Wildman–Crippen MR) is 81.8 cm³/mol. The highest BCUT2D eigenvalue weighted by Crippen LogP contribution is 2.30. The SMILES string of the molecule is NNc1nc(NC2CCCCCCC2)c(Cl)cc1Cl. The van der Waals surface area contributed by atoms with Gasteiger partial charge in [-0.15, -0.1) is 0 Å². The maximum Gasteiger partial charge on any atom is 0.161 e. The number of hydrazine groups is 1. The fraction of sp³-hybridized carbons (Fsp3) is 0.615. The van der Waals surface area contributed by atoms with Gasteiger partial charge in [0.2, 0.25) is 0 Å². The Morgan fingerprint density at radius 2 is 1.58 bits per heavy atom. The van der Waals surface area contributed by atoms with Gasteiger partial charge < -0.3 is 10.7 Å². The minimum absolute atomic E-state index is 0.427. The summed E-state index contributed by atoms with van der Waals surface area (Å²) in [6.07, 6.45) is 8.81. The molecule has 4 nitrogen and oxygen atoms in total. The molecule has 1 heterocycles. The molecule has 0 amide bonds. The number of hydrogen-bond donors (Lipinski definition) is 3. The van der Waals surface area contributed by atoms with Crippen molar-refractivity contribution in [3.63, 3.8) is 0 Å². The largest absolute Gasteiger partial charge is 0.366 e. The molecular formula is C13H20Cl2N4. The number of nitrogens with two attached hydrogens (primary N) is 1. The van der Waals surface area contributed by atoms with Gasteiger partial charge in [0.15, 0.2) is 5.82 Å². The smallest absolute Gasteiger partial charge is 0.161 e. The van der Waals surface area contributed by atoms with Crippen molar-refractivity contribution in [3.8, 4) is 0 Å². The first kappa shape index (κ1) is 14.7. The van der Waals surface area contributed by atoms with Crippen LogP contribution in [0.2, 0.25) is 10.0 Å². The van der Waals surface area contributed by atoms with Crippen molar-refractivity contribution >= 4 is 34.8 Å². The van der Waals surface area contributed by atoms with Gasteiger partial charge in [0.1, 0.15) is 5.82 Å². The number of rotatable bonds is 3. The van der Waals surface area contributed by atoms with Gasteiger partial charge in [-0.05, 0) is 18.9 Å². The second-order valence-electron chi connectivity index (χ2n) is 4.98. The molecule has 106 valence electrons. The van der Waals surface area contributed by atoms with E-state index >= 15 is 0 Å². The molecule has 1 aliphatic rings. The second-order valence-corrected chi connectivity index (χ2v) is 5.79. The Kier molecular flexibility index (Phi) is 5.55. The summed E-state index contributed by atoms with van der Waals surface area (Å²) in [6, 6.07) is 2.09. The van der Waals surface area contributed by atoms with Crippen LogP contribution in [0.15, 0.2) is 6.07 Å². The third-order valence-electron chi connectivity index (χ3n) is 3.51. The van der Waals surface area contributed by atoms with E-state index in [2.05, 4.69) is 15.7 Å². The number of anilines is 2. The summed E-state index contributed by atoms with van der Waals surface area (Å²) < 4.78 is 0. The van der Waals surface area contributed by atoms with Crippen molar-refractivity contribution in [2.24, 2.45) is 5.84 Å². The average molecular weight is 303 g/mol. The summed E-state index contributed by atoms with van der Waals surface area (Å²) in [7, 11) is 0. The van der Waals surface area contributed by atoms with E-state index in [1.54, 1.807) is 6.07 Å². The number of nitrogen functional groups attached to an aromatic ring is 1. The molecule has 2 rings (SSSR count). The fourth-order valence-electron chi connectivity index (χ4n) is 2.46. The van der Waals surface area contributed by atoms with Crippen LogP contribution in [0.1, 0.15) is 44.9 Å². The first-order chi connectivity index (χ1) is 9.20. The molecule has 1 aromatic rings. The fourth-order valence-corrected chi connectivity index (χ4v) is 2.93. The van der Waals surface area contributed by atoms with Crippen LogP contribution in [0, 0.1) is 0 Å². The highest BCUT2D eigenvalue weighted by Gasteiger charge is 2.15.